The van der Waals surface area contributed by atoms with Crippen LogP contribution in [0.15, 0.2) is 36.4 Å². The van der Waals surface area contributed by atoms with Crippen LogP contribution in [0.3, 0.4) is 0 Å². The molecule has 4 heteroatoms. The van der Waals surface area contributed by atoms with Crippen LogP contribution in [0.2, 0.25) is 0 Å². The highest BCUT2D eigenvalue weighted by Crippen LogP contribution is 2.37. The van der Waals surface area contributed by atoms with E-state index in [2.05, 4.69) is 0 Å². The monoisotopic (exact) mass is 256 g/mol. The second-order valence-electron chi connectivity index (χ2n) is 4.71. The summed E-state index contributed by atoms with van der Waals surface area (Å²) in [5.74, 6) is 1.53. The first kappa shape index (κ1) is 11.9. The highest BCUT2D eigenvalue weighted by molar-refractivity contribution is 5.52. The number of nitrogen functional groups attached to an aromatic ring is 1. The predicted molar refractivity (Wildman–Crippen MR) is 74.2 cm³/mol. The maximum absolute atomic E-state index is 6.33. The first-order valence-corrected chi connectivity index (χ1v) is 6.16. The molecule has 0 saturated carbocycles. The topological polar surface area (TPSA) is 70.5 Å². The molecule has 2 aromatic carbocycles. The fourth-order valence-electron chi connectivity index (χ4n) is 2.33. The predicted octanol–water partition coefficient (Wildman–Crippen LogP) is 2.35. The molecule has 0 spiro atoms. The number of nitrogens with two attached hydrogens (primary N) is 2. The maximum atomic E-state index is 6.33. The molecule has 1 heterocycles. The smallest absolute Gasteiger partial charge is 0.231 e. The van der Waals surface area contributed by atoms with Crippen molar-refractivity contribution in [3.8, 4) is 11.5 Å². The summed E-state index contributed by atoms with van der Waals surface area (Å²) in [7, 11) is 0. The highest BCUT2D eigenvalue weighted by atomic mass is 16.7. The first-order valence-electron chi connectivity index (χ1n) is 6.16. The van der Waals surface area contributed by atoms with E-state index in [0.717, 1.165) is 28.2 Å². The van der Waals surface area contributed by atoms with E-state index in [-0.39, 0.29) is 12.8 Å². The van der Waals surface area contributed by atoms with Crippen molar-refractivity contribution >= 4 is 5.69 Å². The quantitative estimate of drug-likeness (QED) is 0.809. The zero-order valence-corrected chi connectivity index (χ0v) is 10.7. The minimum Gasteiger partial charge on any atom is -0.454 e. The van der Waals surface area contributed by atoms with Crippen LogP contribution in [0.25, 0.3) is 0 Å². The molecule has 98 valence electrons. The van der Waals surface area contributed by atoms with Crippen molar-refractivity contribution in [3.63, 3.8) is 0 Å². The van der Waals surface area contributed by atoms with Gasteiger partial charge in [0, 0.05) is 5.69 Å². The van der Waals surface area contributed by atoms with Gasteiger partial charge >= 0.3 is 0 Å². The van der Waals surface area contributed by atoms with Crippen molar-refractivity contribution in [1.82, 2.24) is 0 Å². The molecule has 3 rings (SSSR count). The van der Waals surface area contributed by atoms with Gasteiger partial charge in [0.05, 0.1) is 6.04 Å². The number of ether oxygens (including phenoxy) is 2. The molecule has 1 aliphatic rings. The van der Waals surface area contributed by atoms with Crippen LogP contribution in [0, 0.1) is 6.92 Å². The number of fused-ring (bicyclic) bond motifs is 1. The summed E-state index contributed by atoms with van der Waals surface area (Å²) in [5, 5.41) is 0. The van der Waals surface area contributed by atoms with Crippen LogP contribution in [0.4, 0.5) is 5.69 Å². The second kappa shape index (κ2) is 4.48. The molecule has 0 aromatic heterocycles. The molecule has 0 aliphatic carbocycles. The normalized spacial score (nSPS) is 14.4. The zero-order valence-electron chi connectivity index (χ0n) is 10.7. The number of aryl methyl sites for hydroxylation is 1. The minimum absolute atomic E-state index is 0.224. The van der Waals surface area contributed by atoms with E-state index < -0.39 is 0 Å². The Morgan fingerprint density at radius 3 is 2.58 bits per heavy atom. The van der Waals surface area contributed by atoms with Gasteiger partial charge in [-0.2, -0.15) is 0 Å². The molecule has 1 unspecified atom stereocenters. The summed E-state index contributed by atoms with van der Waals surface area (Å²) in [5.41, 5.74) is 15.9. The Bertz CT molecular complexity index is 626. The Balaban J connectivity index is 2.02. The van der Waals surface area contributed by atoms with E-state index in [4.69, 9.17) is 20.9 Å². The van der Waals surface area contributed by atoms with Crippen molar-refractivity contribution in [1.29, 1.82) is 0 Å². The molecule has 0 saturated heterocycles. The number of anilines is 1. The molecular weight excluding hydrogens is 240 g/mol. The van der Waals surface area contributed by atoms with Crippen LogP contribution in [-0.4, -0.2) is 6.79 Å². The molecular formula is C15H16N2O2. The molecule has 4 N–H and O–H groups in total. The zero-order chi connectivity index (χ0) is 13.4. The van der Waals surface area contributed by atoms with Crippen molar-refractivity contribution in [2.45, 2.75) is 13.0 Å². The van der Waals surface area contributed by atoms with Crippen LogP contribution < -0.4 is 20.9 Å². The summed E-state index contributed by atoms with van der Waals surface area (Å²) in [4.78, 5) is 0. The Kier molecular flexibility index (Phi) is 2.80. The fourth-order valence-corrected chi connectivity index (χ4v) is 2.33. The van der Waals surface area contributed by atoms with Crippen molar-refractivity contribution < 1.29 is 9.47 Å². The van der Waals surface area contributed by atoms with Gasteiger partial charge in [0.25, 0.3) is 0 Å². The van der Waals surface area contributed by atoms with Gasteiger partial charge in [-0.1, -0.05) is 12.1 Å². The van der Waals surface area contributed by atoms with E-state index in [1.54, 1.807) is 0 Å². The lowest BCUT2D eigenvalue weighted by Gasteiger charge is -2.16. The highest BCUT2D eigenvalue weighted by Gasteiger charge is 2.19. The number of hydrogen-bond acceptors (Lipinski definition) is 4. The minimum atomic E-state index is -0.224. The third-order valence-electron chi connectivity index (χ3n) is 3.37. The molecule has 0 amide bonds. The maximum Gasteiger partial charge on any atom is 0.231 e. The number of hydrogen-bond donors (Lipinski definition) is 2. The van der Waals surface area contributed by atoms with Gasteiger partial charge in [-0.25, -0.2) is 0 Å². The molecule has 2 aromatic rings. The van der Waals surface area contributed by atoms with Crippen molar-refractivity contribution in [2.75, 3.05) is 12.5 Å². The van der Waals surface area contributed by atoms with Gasteiger partial charge in [0.2, 0.25) is 6.79 Å². The van der Waals surface area contributed by atoms with E-state index >= 15 is 0 Å². The van der Waals surface area contributed by atoms with E-state index in [1.165, 1.54) is 0 Å². The number of rotatable bonds is 2. The van der Waals surface area contributed by atoms with E-state index in [9.17, 15) is 0 Å². The third-order valence-corrected chi connectivity index (χ3v) is 3.37. The molecule has 0 radical (unpaired) electrons. The van der Waals surface area contributed by atoms with Crippen LogP contribution in [-0.2, 0) is 0 Å². The average Bonchev–Trinajstić information content (AvgIpc) is 2.84. The largest absolute Gasteiger partial charge is 0.454 e. The van der Waals surface area contributed by atoms with Crippen LogP contribution in [0.5, 0.6) is 11.5 Å². The standard InChI is InChI=1S/C15H16N2O2/c1-9-5-13-14(19-8-18-13)7-12(9)15(17)10-3-2-4-11(16)6-10/h2-7,15H,8,16-17H2,1H3. The van der Waals surface area contributed by atoms with Gasteiger partial charge in [-0.15, -0.1) is 0 Å². The molecule has 0 fully saturated rings. The summed E-state index contributed by atoms with van der Waals surface area (Å²) in [6.07, 6.45) is 0. The number of benzene rings is 2. The lowest BCUT2D eigenvalue weighted by atomic mass is 9.95. The summed E-state index contributed by atoms with van der Waals surface area (Å²) < 4.78 is 10.8. The second-order valence-corrected chi connectivity index (χ2v) is 4.71. The van der Waals surface area contributed by atoms with Gasteiger partial charge in [-0.05, 0) is 47.9 Å². The van der Waals surface area contributed by atoms with Gasteiger partial charge in [-0.3, -0.25) is 0 Å². The van der Waals surface area contributed by atoms with E-state index in [1.807, 2.05) is 43.3 Å². The Morgan fingerprint density at radius 2 is 1.84 bits per heavy atom. The Labute approximate surface area is 111 Å². The fraction of sp³-hybridized carbons (Fsp3) is 0.200. The average molecular weight is 256 g/mol. The van der Waals surface area contributed by atoms with Crippen LogP contribution >= 0.6 is 0 Å². The summed E-state index contributed by atoms with van der Waals surface area (Å²) in [6, 6.07) is 11.3. The van der Waals surface area contributed by atoms with E-state index in [0.29, 0.717) is 5.69 Å². The SMILES string of the molecule is Cc1cc2c(cc1C(N)c1cccc(N)c1)OCO2. The van der Waals surface area contributed by atoms with Crippen molar-refractivity contribution in [3.05, 3.63) is 53.1 Å². The first-order chi connectivity index (χ1) is 9.15. The van der Waals surface area contributed by atoms with Crippen molar-refractivity contribution in [2.24, 2.45) is 5.73 Å². The van der Waals surface area contributed by atoms with Crippen LogP contribution in [0.1, 0.15) is 22.7 Å². The lowest BCUT2D eigenvalue weighted by Crippen LogP contribution is -2.13. The van der Waals surface area contributed by atoms with Gasteiger partial charge in [0.1, 0.15) is 0 Å². The Hall–Kier alpha value is -2.20. The molecule has 19 heavy (non-hydrogen) atoms. The summed E-state index contributed by atoms with van der Waals surface area (Å²) in [6.45, 7) is 2.29. The summed E-state index contributed by atoms with van der Waals surface area (Å²) >= 11 is 0. The van der Waals surface area contributed by atoms with Gasteiger partial charge < -0.3 is 20.9 Å². The molecule has 1 atom stereocenters. The molecule has 4 nitrogen and oxygen atoms in total. The van der Waals surface area contributed by atoms with Gasteiger partial charge in [0.15, 0.2) is 11.5 Å². The third kappa shape index (κ3) is 2.11. The molecule has 0 bridgehead atoms. The Morgan fingerprint density at radius 1 is 1.11 bits per heavy atom. The molecule has 1 aliphatic heterocycles. The lowest BCUT2D eigenvalue weighted by molar-refractivity contribution is 0.174.